The van der Waals surface area contributed by atoms with Crippen molar-refractivity contribution in [2.24, 2.45) is 5.92 Å². The summed E-state index contributed by atoms with van der Waals surface area (Å²) in [4.78, 5) is 8.05. The summed E-state index contributed by atoms with van der Waals surface area (Å²) in [7, 11) is 0. The minimum atomic E-state index is -0.610. The Morgan fingerprint density at radius 1 is 1.53 bits per heavy atom. The molecular weight excluding hydrogens is 216 g/mol. The second kappa shape index (κ2) is 4.87. The van der Waals surface area contributed by atoms with E-state index < -0.39 is 5.60 Å². The van der Waals surface area contributed by atoms with E-state index in [0.29, 0.717) is 24.1 Å². The van der Waals surface area contributed by atoms with Crippen LogP contribution in [0.4, 0.5) is 11.6 Å². The maximum absolute atomic E-state index is 10.4. The SMILES string of the molecule is CC1CCCC(O)(CNc2cnc(N)cn2)C1. The van der Waals surface area contributed by atoms with Crippen LogP contribution in [0.1, 0.15) is 32.6 Å². The molecule has 1 heterocycles. The van der Waals surface area contributed by atoms with Gasteiger partial charge in [-0.1, -0.05) is 19.8 Å². The Labute approximate surface area is 101 Å². The number of nitrogens with zero attached hydrogens (tertiary/aromatic N) is 2. The van der Waals surface area contributed by atoms with Crippen molar-refractivity contribution in [2.45, 2.75) is 38.2 Å². The number of anilines is 2. The highest BCUT2D eigenvalue weighted by molar-refractivity contribution is 5.36. The molecule has 0 saturated heterocycles. The zero-order valence-corrected chi connectivity index (χ0v) is 10.2. The summed E-state index contributed by atoms with van der Waals surface area (Å²) < 4.78 is 0. The van der Waals surface area contributed by atoms with Crippen molar-refractivity contribution >= 4 is 11.6 Å². The van der Waals surface area contributed by atoms with Crippen molar-refractivity contribution < 1.29 is 5.11 Å². The standard InChI is InChI=1S/C12H20N4O/c1-9-3-2-4-12(17,5-9)8-16-11-7-14-10(13)6-15-11/h6-7,9,17H,2-5,8H2,1H3,(H2,13,14)(H,15,16). The molecule has 2 rings (SSSR count). The molecule has 94 valence electrons. The van der Waals surface area contributed by atoms with Gasteiger partial charge in [0.2, 0.25) is 0 Å². The van der Waals surface area contributed by atoms with E-state index in [1.807, 2.05) is 0 Å². The average Bonchev–Trinajstić information content (AvgIpc) is 2.28. The normalized spacial score (nSPS) is 28.9. The van der Waals surface area contributed by atoms with Gasteiger partial charge in [0.25, 0.3) is 0 Å². The lowest BCUT2D eigenvalue weighted by Gasteiger charge is -2.35. The minimum Gasteiger partial charge on any atom is -0.388 e. The second-order valence-electron chi connectivity index (χ2n) is 5.11. The summed E-state index contributed by atoms with van der Waals surface area (Å²) in [5.41, 5.74) is 4.85. The zero-order chi connectivity index (χ0) is 12.3. The molecule has 0 aliphatic heterocycles. The second-order valence-corrected chi connectivity index (χ2v) is 5.11. The number of aliphatic hydroxyl groups is 1. The summed E-state index contributed by atoms with van der Waals surface area (Å²) in [5.74, 6) is 1.65. The highest BCUT2D eigenvalue weighted by Crippen LogP contribution is 2.32. The van der Waals surface area contributed by atoms with Gasteiger partial charge in [-0.05, 0) is 18.8 Å². The Hall–Kier alpha value is -1.36. The Morgan fingerprint density at radius 2 is 2.35 bits per heavy atom. The predicted octanol–water partition coefficient (Wildman–Crippen LogP) is 1.41. The van der Waals surface area contributed by atoms with Gasteiger partial charge in [0.15, 0.2) is 0 Å². The van der Waals surface area contributed by atoms with Crippen molar-refractivity contribution in [1.29, 1.82) is 0 Å². The highest BCUT2D eigenvalue weighted by atomic mass is 16.3. The van der Waals surface area contributed by atoms with E-state index in [9.17, 15) is 5.11 Å². The first-order valence-corrected chi connectivity index (χ1v) is 6.11. The molecule has 1 aliphatic rings. The van der Waals surface area contributed by atoms with E-state index in [1.165, 1.54) is 12.6 Å². The van der Waals surface area contributed by atoms with Gasteiger partial charge in [-0.25, -0.2) is 9.97 Å². The topological polar surface area (TPSA) is 84.1 Å². The lowest BCUT2D eigenvalue weighted by Crippen LogP contribution is -2.41. The van der Waals surface area contributed by atoms with Crippen molar-refractivity contribution in [3.8, 4) is 0 Å². The molecule has 0 bridgehead atoms. The van der Waals surface area contributed by atoms with E-state index in [1.54, 1.807) is 6.20 Å². The molecule has 1 aromatic rings. The van der Waals surface area contributed by atoms with Gasteiger partial charge >= 0.3 is 0 Å². The number of rotatable bonds is 3. The van der Waals surface area contributed by atoms with Crippen LogP contribution < -0.4 is 11.1 Å². The smallest absolute Gasteiger partial charge is 0.144 e. The number of hydrogen-bond acceptors (Lipinski definition) is 5. The molecule has 5 heteroatoms. The molecule has 2 unspecified atom stereocenters. The molecule has 0 radical (unpaired) electrons. The van der Waals surface area contributed by atoms with Gasteiger partial charge < -0.3 is 16.2 Å². The van der Waals surface area contributed by atoms with Gasteiger partial charge in [-0.15, -0.1) is 0 Å². The average molecular weight is 236 g/mol. The number of nitrogens with two attached hydrogens (primary N) is 1. The molecule has 4 N–H and O–H groups in total. The molecule has 1 aliphatic carbocycles. The third kappa shape index (κ3) is 3.30. The van der Waals surface area contributed by atoms with E-state index in [-0.39, 0.29) is 0 Å². The number of nitrogens with one attached hydrogen (secondary N) is 1. The van der Waals surface area contributed by atoms with Crippen molar-refractivity contribution in [3.05, 3.63) is 12.4 Å². The van der Waals surface area contributed by atoms with Gasteiger partial charge in [0.05, 0.1) is 18.0 Å². The summed E-state index contributed by atoms with van der Waals surface area (Å²) in [5, 5.41) is 13.5. The zero-order valence-electron chi connectivity index (χ0n) is 10.2. The van der Waals surface area contributed by atoms with Crippen molar-refractivity contribution in [1.82, 2.24) is 9.97 Å². The summed E-state index contributed by atoms with van der Waals surface area (Å²) in [6.07, 6.45) is 7.10. The third-order valence-electron chi connectivity index (χ3n) is 3.34. The fourth-order valence-electron chi connectivity index (χ4n) is 2.48. The lowest BCUT2D eigenvalue weighted by atomic mass is 9.79. The van der Waals surface area contributed by atoms with Gasteiger partial charge in [0, 0.05) is 6.54 Å². The van der Waals surface area contributed by atoms with Gasteiger partial charge in [-0.2, -0.15) is 0 Å². The van der Waals surface area contributed by atoms with Crippen LogP contribution in [0.3, 0.4) is 0 Å². The largest absolute Gasteiger partial charge is 0.388 e. The van der Waals surface area contributed by atoms with E-state index in [4.69, 9.17) is 5.73 Å². The predicted molar refractivity (Wildman–Crippen MR) is 67.5 cm³/mol. The Morgan fingerprint density at radius 3 is 3.00 bits per heavy atom. The fraction of sp³-hybridized carbons (Fsp3) is 0.667. The van der Waals surface area contributed by atoms with E-state index in [0.717, 1.165) is 19.3 Å². The van der Waals surface area contributed by atoms with E-state index in [2.05, 4.69) is 22.2 Å². The maximum Gasteiger partial charge on any atom is 0.144 e. The number of aromatic nitrogens is 2. The van der Waals surface area contributed by atoms with Crippen LogP contribution >= 0.6 is 0 Å². The Bertz CT molecular complexity index is 367. The van der Waals surface area contributed by atoms with Crippen LogP contribution in [-0.4, -0.2) is 27.2 Å². The summed E-state index contributed by atoms with van der Waals surface area (Å²) in [6.45, 7) is 2.71. The molecule has 1 aromatic heterocycles. The van der Waals surface area contributed by atoms with Crippen LogP contribution in [0, 0.1) is 5.92 Å². The Balaban J connectivity index is 1.90. The molecule has 2 atom stereocenters. The molecule has 0 spiro atoms. The van der Waals surface area contributed by atoms with Crippen LogP contribution in [0.25, 0.3) is 0 Å². The maximum atomic E-state index is 10.4. The molecular formula is C12H20N4O. The quantitative estimate of drug-likeness (QED) is 0.739. The van der Waals surface area contributed by atoms with Crippen LogP contribution in [0.5, 0.6) is 0 Å². The molecule has 5 nitrogen and oxygen atoms in total. The third-order valence-corrected chi connectivity index (χ3v) is 3.34. The first-order valence-electron chi connectivity index (χ1n) is 6.11. The van der Waals surface area contributed by atoms with E-state index >= 15 is 0 Å². The van der Waals surface area contributed by atoms with Crippen LogP contribution in [0.2, 0.25) is 0 Å². The fourth-order valence-corrected chi connectivity index (χ4v) is 2.48. The van der Waals surface area contributed by atoms with Crippen LogP contribution in [0.15, 0.2) is 12.4 Å². The molecule has 17 heavy (non-hydrogen) atoms. The summed E-state index contributed by atoms with van der Waals surface area (Å²) in [6, 6.07) is 0. The van der Waals surface area contributed by atoms with Crippen molar-refractivity contribution in [2.75, 3.05) is 17.6 Å². The monoisotopic (exact) mass is 236 g/mol. The minimum absolute atomic E-state index is 0.403. The molecule has 0 aromatic carbocycles. The molecule has 1 fully saturated rings. The van der Waals surface area contributed by atoms with Gasteiger partial charge in [-0.3, -0.25) is 0 Å². The van der Waals surface area contributed by atoms with Gasteiger partial charge in [0.1, 0.15) is 11.6 Å². The van der Waals surface area contributed by atoms with Crippen LogP contribution in [-0.2, 0) is 0 Å². The Kier molecular flexibility index (Phi) is 3.47. The first-order chi connectivity index (χ1) is 8.07. The molecule has 1 saturated carbocycles. The highest BCUT2D eigenvalue weighted by Gasteiger charge is 2.32. The van der Waals surface area contributed by atoms with Crippen molar-refractivity contribution in [3.63, 3.8) is 0 Å². The first kappa shape index (κ1) is 12.1. The lowest BCUT2D eigenvalue weighted by molar-refractivity contribution is -0.000828. The number of nitrogen functional groups attached to an aromatic ring is 1. The number of hydrogen-bond donors (Lipinski definition) is 3. The summed E-state index contributed by atoms with van der Waals surface area (Å²) >= 11 is 0. The molecule has 0 amide bonds.